The van der Waals surface area contributed by atoms with Crippen LogP contribution in [0.4, 0.5) is 0 Å². The third kappa shape index (κ3) is 3.63. The smallest absolute Gasteiger partial charge is 0.335 e. The van der Waals surface area contributed by atoms with E-state index >= 15 is 0 Å². The minimum Gasteiger partial charge on any atom is -0.493 e. The summed E-state index contributed by atoms with van der Waals surface area (Å²) < 4.78 is 10.8. The highest BCUT2D eigenvalue weighted by atomic mass is 16.5. The first-order chi connectivity index (χ1) is 14.6. The fraction of sp³-hybridized carbons (Fsp3) is 0.0833. The van der Waals surface area contributed by atoms with Crippen molar-refractivity contribution in [1.29, 1.82) is 0 Å². The summed E-state index contributed by atoms with van der Waals surface area (Å²) in [5.41, 5.74) is 4.51. The molecule has 30 heavy (non-hydrogen) atoms. The van der Waals surface area contributed by atoms with Gasteiger partial charge in [-0.05, 0) is 30.3 Å². The van der Waals surface area contributed by atoms with E-state index in [1.54, 1.807) is 38.5 Å². The number of H-pyrrole nitrogens is 1. The number of carboxylic acid groups (broad SMARTS) is 1. The Bertz CT molecular complexity index is 1180. The van der Waals surface area contributed by atoms with E-state index in [4.69, 9.17) is 19.6 Å². The second-order valence-electron chi connectivity index (χ2n) is 6.63. The molecule has 2 N–H and O–H groups in total. The van der Waals surface area contributed by atoms with E-state index in [1.807, 2.05) is 48.5 Å². The zero-order valence-corrected chi connectivity index (χ0v) is 16.5. The summed E-state index contributed by atoms with van der Waals surface area (Å²) in [6, 6.07) is 22.2. The topological polar surface area (TPSA) is 84.4 Å². The molecule has 6 nitrogen and oxygen atoms in total. The van der Waals surface area contributed by atoms with Crippen LogP contribution in [0.5, 0.6) is 11.5 Å². The molecule has 0 aliphatic heterocycles. The van der Waals surface area contributed by atoms with Crippen LogP contribution < -0.4 is 9.47 Å². The lowest BCUT2D eigenvalue weighted by Gasteiger charge is -2.09. The zero-order chi connectivity index (χ0) is 21.1. The Labute approximate surface area is 173 Å². The lowest BCUT2D eigenvalue weighted by atomic mass is 10.0. The fourth-order valence-corrected chi connectivity index (χ4v) is 3.29. The second kappa shape index (κ2) is 8.13. The largest absolute Gasteiger partial charge is 0.493 e. The van der Waals surface area contributed by atoms with Gasteiger partial charge in [0.15, 0.2) is 11.5 Å². The number of carboxylic acids is 1. The van der Waals surface area contributed by atoms with Crippen molar-refractivity contribution in [2.75, 3.05) is 14.2 Å². The van der Waals surface area contributed by atoms with Gasteiger partial charge in [-0.25, -0.2) is 9.78 Å². The van der Waals surface area contributed by atoms with Crippen LogP contribution in [0.2, 0.25) is 0 Å². The molecule has 0 radical (unpaired) electrons. The van der Waals surface area contributed by atoms with Gasteiger partial charge >= 0.3 is 5.97 Å². The molecule has 0 spiro atoms. The van der Waals surface area contributed by atoms with Crippen LogP contribution in [-0.4, -0.2) is 35.3 Å². The van der Waals surface area contributed by atoms with Gasteiger partial charge in [0.25, 0.3) is 0 Å². The fourth-order valence-electron chi connectivity index (χ4n) is 3.29. The van der Waals surface area contributed by atoms with Crippen LogP contribution in [0.25, 0.3) is 33.9 Å². The maximum absolute atomic E-state index is 11.1. The van der Waals surface area contributed by atoms with E-state index < -0.39 is 5.97 Å². The van der Waals surface area contributed by atoms with E-state index in [0.717, 1.165) is 28.1 Å². The standard InChI is InChI=1S/C24H20N2O4/c1-29-19-13-12-18(14-20(19)30-2)22-21(15-6-4-3-5-7-15)25-23(26-22)16-8-10-17(11-9-16)24(27)28/h3-14H,1-2H3,(H,25,26)(H,27,28). The number of hydrogen-bond donors (Lipinski definition) is 2. The summed E-state index contributed by atoms with van der Waals surface area (Å²) in [5.74, 6) is 0.944. The molecule has 150 valence electrons. The first-order valence-corrected chi connectivity index (χ1v) is 9.32. The molecule has 0 aliphatic rings. The lowest BCUT2D eigenvalue weighted by Crippen LogP contribution is -1.95. The van der Waals surface area contributed by atoms with Crippen LogP contribution in [0.15, 0.2) is 72.8 Å². The summed E-state index contributed by atoms with van der Waals surface area (Å²) in [4.78, 5) is 19.4. The summed E-state index contributed by atoms with van der Waals surface area (Å²) in [7, 11) is 3.19. The van der Waals surface area contributed by atoms with Crippen molar-refractivity contribution in [2.45, 2.75) is 0 Å². The van der Waals surface area contributed by atoms with Gasteiger partial charge in [0.05, 0.1) is 31.2 Å². The SMILES string of the molecule is COc1ccc(-c2nc(-c3ccc(C(=O)O)cc3)[nH]c2-c2ccccc2)cc1OC. The van der Waals surface area contributed by atoms with E-state index in [2.05, 4.69) is 4.98 Å². The molecule has 1 heterocycles. The molecule has 3 aromatic carbocycles. The Morgan fingerprint density at radius 2 is 1.50 bits per heavy atom. The third-order valence-corrected chi connectivity index (χ3v) is 4.83. The number of aromatic carboxylic acids is 1. The molecule has 0 atom stereocenters. The van der Waals surface area contributed by atoms with Gasteiger partial charge < -0.3 is 19.6 Å². The van der Waals surface area contributed by atoms with E-state index in [0.29, 0.717) is 17.3 Å². The number of ether oxygens (including phenoxy) is 2. The molecule has 4 rings (SSSR count). The molecule has 0 fully saturated rings. The van der Waals surface area contributed by atoms with Gasteiger partial charge in [-0.1, -0.05) is 42.5 Å². The predicted octanol–water partition coefficient (Wildman–Crippen LogP) is 5.13. The highest BCUT2D eigenvalue weighted by molar-refractivity contribution is 5.88. The molecule has 0 saturated carbocycles. The minimum absolute atomic E-state index is 0.230. The minimum atomic E-state index is -0.961. The van der Waals surface area contributed by atoms with Crippen LogP contribution >= 0.6 is 0 Å². The lowest BCUT2D eigenvalue weighted by molar-refractivity contribution is 0.0697. The van der Waals surface area contributed by atoms with Gasteiger partial charge in [0.2, 0.25) is 0 Å². The first kappa shape index (κ1) is 19.3. The number of benzene rings is 3. The number of methoxy groups -OCH3 is 2. The molecule has 0 unspecified atom stereocenters. The Balaban J connectivity index is 1.86. The highest BCUT2D eigenvalue weighted by Gasteiger charge is 2.17. The maximum Gasteiger partial charge on any atom is 0.335 e. The summed E-state index contributed by atoms with van der Waals surface area (Å²) in [5, 5.41) is 9.14. The second-order valence-corrected chi connectivity index (χ2v) is 6.63. The van der Waals surface area contributed by atoms with Gasteiger partial charge in [0, 0.05) is 16.7 Å². The Hall–Kier alpha value is -4.06. The van der Waals surface area contributed by atoms with Gasteiger partial charge in [0.1, 0.15) is 5.82 Å². The molecular weight excluding hydrogens is 380 g/mol. The molecule has 0 amide bonds. The summed E-state index contributed by atoms with van der Waals surface area (Å²) >= 11 is 0. The van der Waals surface area contributed by atoms with Crippen molar-refractivity contribution in [1.82, 2.24) is 9.97 Å². The zero-order valence-electron chi connectivity index (χ0n) is 16.5. The molecule has 0 saturated heterocycles. The van der Waals surface area contributed by atoms with Gasteiger partial charge in [-0.2, -0.15) is 0 Å². The number of nitrogens with one attached hydrogen (secondary N) is 1. The van der Waals surface area contributed by atoms with Crippen LogP contribution in [0.3, 0.4) is 0 Å². The van der Waals surface area contributed by atoms with Crippen molar-refractivity contribution < 1.29 is 19.4 Å². The predicted molar refractivity (Wildman–Crippen MR) is 115 cm³/mol. The van der Waals surface area contributed by atoms with Crippen molar-refractivity contribution in [2.24, 2.45) is 0 Å². The molecule has 0 bridgehead atoms. The molecule has 4 aromatic rings. The Kier molecular flexibility index (Phi) is 5.22. The molecule has 6 heteroatoms. The monoisotopic (exact) mass is 400 g/mol. The van der Waals surface area contributed by atoms with Crippen molar-refractivity contribution in [3.8, 4) is 45.4 Å². The van der Waals surface area contributed by atoms with Crippen LogP contribution in [0, 0.1) is 0 Å². The molecule has 0 aliphatic carbocycles. The Morgan fingerprint density at radius 3 is 2.13 bits per heavy atom. The van der Waals surface area contributed by atoms with Crippen molar-refractivity contribution in [3.05, 3.63) is 78.4 Å². The number of hydrogen-bond acceptors (Lipinski definition) is 4. The number of aromatic amines is 1. The number of imidazole rings is 1. The number of nitrogens with zero attached hydrogens (tertiary/aromatic N) is 1. The summed E-state index contributed by atoms with van der Waals surface area (Å²) in [6.45, 7) is 0. The maximum atomic E-state index is 11.1. The number of aromatic nitrogens is 2. The van der Waals surface area contributed by atoms with E-state index in [9.17, 15) is 4.79 Å². The van der Waals surface area contributed by atoms with Gasteiger partial charge in [-0.15, -0.1) is 0 Å². The van der Waals surface area contributed by atoms with E-state index in [1.165, 1.54) is 0 Å². The van der Waals surface area contributed by atoms with Crippen LogP contribution in [-0.2, 0) is 0 Å². The van der Waals surface area contributed by atoms with Crippen molar-refractivity contribution in [3.63, 3.8) is 0 Å². The Morgan fingerprint density at radius 1 is 0.833 bits per heavy atom. The average Bonchev–Trinajstić information content (AvgIpc) is 3.24. The first-order valence-electron chi connectivity index (χ1n) is 9.32. The van der Waals surface area contributed by atoms with Gasteiger partial charge in [-0.3, -0.25) is 0 Å². The van der Waals surface area contributed by atoms with Crippen LogP contribution in [0.1, 0.15) is 10.4 Å². The number of rotatable bonds is 6. The summed E-state index contributed by atoms with van der Waals surface area (Å²) in [6.07, 6.45) is 0. The molecule has 1 aromatic heterocycles. The van der Waals surface area contributed by atoms with E-state index in [-0.39, 0.29) is 5.56 Å². The normalized spacial score (nSPS) is 10.6. The number of carbonyl (C=O) groups is 1. The quantitative estimate of drug-likeness (QED) is 0.469. The highest BCUT2D eigenvalue weighted by Crippen LogP contribution is 2.37. The average molecular weight is 400 g/mol. The molecular formula is C24H20N2O4. The van der Waals surface area contributed by atoms with Crippen molar-refractivity contribution >= 4 is 5.97 Å². The third-order valence-electron chi connectivity index (χ3n) is 4.83.